The largest absolute Gasteiger partial charge is 0.497 e. The minimum absolute atomic E-state index is 0.0584. The van der Waals surface area contributed by atoms with Crippen molar-refractivity contribution in [1.29, 1.82) is 0 Å². The van der Waals surface area contributed by atoms with Gasteiger partial charge in [0.05, 0.1) is 19.1 Å². The van der Waals surface area contributed by atoms with Gasteiger partial charge in [-0.1, -0.05) is 0 Å². The minimum Gasteiger partial charge on any atom is -0.497 e. The quantitative estimate of drug-likeness (QED) is 0.437. The lowest BCUT2D eigenvalue weighted by Crippen LogP contribution is -2.49. The van der Waals surface area contributed by atoms with Gasteiger partial charge in [-0.05, 0) is 42.5 Å². The van der Waals surface area contributed by atoms with Crippen LogP contribution in [0.2, 0.25) is 0 Å². The molecular formula is C20H24N4O4S. The number of non-ortho nitro benzene ring substituents is 1. The molecule has 0 radical (unpaired) electrons. The number of anilines is 1. The Morgan fingerprint density at radius 1 is 1.10 bits per heavy atom. The molecule has 1 aliphatic rings. The fourth-order valence-electron chi connectivity index (χ4n) is 3.22. The van der Waals surface area contributed by atoms with Crippen molar-refractivity contribution in [2.24, 2.45) is 0 Å². The molecule has 1 heterocycles. The number of nitrogens with one attached hydrogen (secondary N) is 1. The van der Waals surface area contributed by atoms with Gasteiger partial charge in [0.15, 0.2) is 5.11 Å². The van der Waals surface area contributed by atoms with Crippen LogP contribution < -0.4 is 14.8 Å². The van der Waals surface area contributed by atoms with Crippen LogP contribution in [-0.4, -0.2) is 60.2 Å². The van der Waals surface area contributed by atoms with E-state index < -0.39 is 4.92 Å². The molecule has 0 unspecified atom stereocenters. The summed E-state index contributed by atoms with van der Waals surface area (Å²) in [5, 5.41) is 14.5. The summed E-state index contributed by atoms with van der Waals surface area (Å²) in [6.07, 6.45) is 0. The van der Waals surface area contributed by atoms with E-state index in [0.717, 1.165) is 55.5 Å². The predicted octanol–water partition coefficient (Wildman–Crippen LogP) is 3.13. The van der Waals surface area contributed by atoms with Crippen molar-refractivity contribution >= 4 is 28.7 Å². The Kier molecular flexibility index (Phi) is 6.84. The third-order valence-electron chi connectivity index (χ3n) is 4.87. The molecule has 1 N–H and O–H groups in total. The van der Waals surface area contributed by atoms with Crippen LogP contribution >= 0.6 is 12.2 Å². The monoisotopic (exact) mass is 416 g/mol. The van der Waals surface area contributed by atoms with Crippen LogP contribution in [-0.2, 0) is 6.54 Å². The SMILES string of the molecule is COc1ccc(OC)c(CN2CCN(C(=S)Nc3ccc([N+](=O)[O-])cc3)CC2)c1. The maximum atomic E-state index is 10.8. The average Bonchev–Trinajstić information content (AvgIpc) is 2.74. The Morgan fingerprint density at radius 2 is 1.79 bits per heavy atom. The summed E-state index contributed by atoms with van der Waals surface area (Å²) in [6, 6.07) is 12.1. The van der Waals surface area contributed by atoms with Crippen LogP contribution in [0.1, 0.15) is 5.56 Å². The van der Waals surface area contributed by atoms with E-state index in [0.29, 0.717) is 5.11 Å². The van der Waals surface area contributed by atoms with E-state index in [1.54, 1.807) is 26.4 Å². The molecule has 1 aliphatic heterocycles. The van der Waals surface area contributed by atoms with Gasteiger partial charge in [0, 0.05) is 56.1 Å². The van der Waals surface area contributed by atoms with Gasteiger partial charge >= 0.3 is 0 Å². The van der Waals surface area contributed by atoms with Crippen molar-refractivity contribution < 1.29 is 14.4 Å². The lowest BCUT2D eigenvalue weighted by Gasteiger charge is -2.36. The molecule has 8 nitrogen and oxygen atoms in total. The third kappa shape index (κ3) is 5.33. The normalized spacial score (nSPS) is 14.3. The van der Waals surface area contributed by atoms with Gasteiger partial charge in [-0.2, -0.15) is 0 Å². The van der Waals surface area contributed by atoms with E-state index in [4.69, 9.17) is 21.7 Å². The Bertz CT molecular complexity index is 867. The van der Waals surface area contributed by atoms with E-state index in [1.807, 2.05) is 18.2 Å². The summed E-state index contributed by atoms with van der Waals surface area (Å²) in [5.74, 6) is 1.66. The Balaban J connectivity index is 1.53. The first-order chi connectivity index (χ1) is 14.0. The Morgan fingerprint density at radius 3 is 2.38 bits per heavy atom. The molecule has 0 amide bonds. The summed E-state index contributed by atoms with van der Waals surface area (Å²) >= 11 is 5.51. The van der Waals surface area contributed by atoms with Crippen molar-refractivity contribution in [2.75, 3.05) is 45.7 Å². The molecule has 2 aromatic rings. The summed E-state index contributed by atoms with van der Waals surface area (Å²) in [5.41, 5.74) is 1.89. The highest BCUT2D eigenvalue weighted by atomic mass is 32.1. The molecule has 1 saturated heterocycles. The Hall–Kier alpha value is -2.91. The number of hydrogen-bond donors (Lipinski definition) is 1. The van der Waals surface area contributed by atoms with Crippen molar-refractivity contribution in [3.05, 3.63) is 58.1 Å². The first-order valence-electron chi connectivity index (χ1n) is 9.24. The number of thiocarbonyl (C=S) groups is 1. The van der Waals surface area contributed by atoms with Gasteiger partial charge < -0.3 is 19.7 Å². The zero-order valence-corrected chi connectivity index (χ0v) is 17.3. The topological polar surface area (TPSA) is 80.1 Å². The van der Waals surface area contributed by atoms with Crippen LogP contribution in [0.3, 0.4) is 0 Å². The molecule has 29 heavy (non-hydrogen) atoms. The summed E-state index contributed by atoms with van der Waals surface area (Å²) in [4.78, 5) is 14.8. The molecule has 1 fully saturated rings. The average molecular weight is 417 g/mol. The van der Waals surface area contributed by atoms with Crippen LogP contribution in [0.25, 0.3) is 0 Å². The summed E-state index contributed by atoms with van der Waals surface area (Å²) < 4.78 is 10.8. The minimum atomic E-state index is -0.418. The number of piperazine rings is 1. The molecule has 0 spiro atoms. The molecule has 2 aromatic carbocycles. The number of methoxy groups -OCH3 is 2. The van der Waals surface area contributed by atoms with Gasteiger partial charge in [0.1, 0.15) is 11.5 Å². The van der Waals surface area contributed by atoms with Gasteiger partial charge in [-0.15, -0.1) is 0 Å². The summed E-state index contributed by atoms with van der Waals surface area (Å²) in [7, 11) is 3.33. The fourth-order valence-corrected chi connectivity index (χ4v) is 3.52. The number of hydrogen-bond acceptors (Lipinski definition) is 6. The first kappa shape index (κ1) is 20.8. The third-order valence-corrected chi connectivity index (χ3v) is 5.23. The predicted molar refractivity (Wildman–Crippen MR) is 116 cm³/mol. The second kappa shape index (κ2) is 9.53. The smallest absolute Gasteiger partial charge is 0.269 e. The second-order valence-corrected chi connectivity index (χ2v) is 7.06. The number of ether oxygens (including phenoxy) is 2. The van der Waals surface area contributed by atoms with E-state index in [9.17, 15) is 10.1 Å². The highest BCUT2D eigenvalue weighted by Crippen LogP contribution is 2.25. The van der Waals surface area contributed by atoms with Gasteiger partial charge in [0.25, 0.3) is 5.69 Å². The number of nitro groups is 1. The molecule has 0 aliphatic carbocycles. The van der Waals surface area contributed by atoms with E-state index >= 15 is 0 Å². The standard InChI is InChI=1S/C20H24N4O4S/c1-27-18-7-8-19(28-2)15(13-18)14-22-9-11-23(12-10-22)20(29)21-16-3-5-17(6-4-16)24(25)26/h3-8,13H,9-12,14H2,1-2H3,(H,21,29). The van der Waals surface area contributed by atoms with E-state index in [-0.39, 0.29) is 5.69 Å². The highest BCUT2D eigenvalue weighted by molar-refractivity contribution is 7.80. The molecule has 3 rings (SSSR count). The number of benzene rings is 2. The molecule has 0 bridgehead atoms. The lowest BCUT2D eigenvalue weighted by atomic mass is 10.1. The molecule has 9 heteroatoms. The fraction of sp³-hybridized carbons (Fsp3) is 0.350. The van der Waals surface area contributed by atoms with Crippen LogP contribution in [0.5, 0.6) is 11.5 Å². The van der Waals surface area contributed by atoms with Gasteiger partial charge in [0.2, 0.25) is 0 Å². The maximum absolute atomic E-state index is 10.8. The zero-order valence-electron chi connectivity index (χ0n) is 16.5. The van der Waals surface area contributed by atoms with Crippen molar-refractivity contribution in [1.82, 2.24) is 9.80 Å². The molecule has 0 saturated carbocycles. The molecule has 154 valence electrons. The number of rotatable bonds is 6. The van der Waals surface area contributed by atoms with Crippen molar-refractivity contribution in [3.63, 3.8) is 0 Å². The number of nitrogens with zero attached hydrogens (tertiary/aromatic N) is 3. The maximum Gasteiger partial charge on any atom is 0.269 e. The van der Waals surface area contributed by atoms with E-state index in [1.165, 1.54) is 12.1 Å². The molecule has 0 aromatic heterocycles. The van der Waals surface area contributed by atoms with Gasteiger partial charge in [-0.3, -0.25) is 15.0 Å². The Labute approximate surface area is 175 Å². The second-order valence-electron chi connectivity index (χ2n) is 6.68. The van der Waals surface area contributed by atoms with Crippen LogP contribution in [0.15, 0.2) is 42.5 Å². The van der Waals surface area contributed by atoms with Crippen LogP contribution in [0, 0.1) is 10.1 Å². The highest BCUT2D eigenvalue weighted by Gasteiger charge is 2.20. The lowest BCUT2D eigenvalue weighted by molar-refractivity contribution is -0.384. The first-order valence-corrected chi connectivity index (χ1v) is 9.64. The van der Waals surface area contributed by atoms with Crippen LogP contribution in [0.4, 0.5) is 11.4 Å². The van der Waals surface area contributed by atoms with Crippen molar-refractivity contribution in [3.8, 4) is 11.5 Å². The molecule has 0 atom stereocenters. The van der Waals surface area contributed by atoms with Gasteiger partial charge in [-0.25, -0.2) is 0 Å². The summed E-state index contributed by atoms with van der Waals surface area (Å²) in [6.45, 7) is 4.10. The van der Waals surface area contributed by atoms with E-state index in [2.05, 4.69) is 15.1 Å². The van der Waals surface area contributed by atoms with Crippen molar-refractivity contribution in [2.45, 2.75) is 6.54 Å². The molecular weight excluding hydrogens is 392 g/mol. The zero-order chi connectivity index (χ0) is 20.8. The number of nitro benzene ring substituents is 1.